The van der Waals surface area contributed by atoms with Crippen molar-refractivity contribution in [3.63, 3.8) is 0 Å². The lowest BCUT2D eigenvalue weighted by Gasteiger charge is -2.10. The Labute approximate surface area is 197 Å². The maximum Gasteiger partial charge on any atom is 0.263 e. The molecule has 0 saturated heterocycles. The van der Waals surface area contributed by atoms with Gasteiger partial charge in [0.25, 0.3) is 10.0 Å². The van der Waals surface area contributed by atoms with E-state index in [2.05, 4.69) is 15.0 Å². The predicted molar refractivity (Wildman–Crippen MR) is 135 cm³/mol. The van der Waals surface area contributed by atoms with Gasteiger partial charge in [0.2, 0.25) is 0 Å². The van der Waals surface area contributed by atoms with E-state index in [1.54, 1.807) is 41.9 Å². The zero-order valence-electron chi connectivity index (χ0n) is 18.6. The number of para-hydroxylation sites is 1. The average Bonchev–Trinajstić information content (AvgIpc) is 3.09. The molecule has 0 radical (unpaired) electrons. The predicted octanol–water partition coefficient (Wildman–Crippen LogP) is 6.56. The van der Waals surface area contributed by atoms with Gasteiger partial charge >= 0.3 is 0 Å². The van der Waals surface area contributed by atoms with Crippen molar-refractivity contribution in [2.45, 2.75) is 11.8 Å². The number of nitrogens with zero attached hydrogens (tertiary/aromatic N) is 3. The number of phenolic OH excluding ortho intramolecular Hbond substituents is 1. The van der Waals surface area contributed by atoms with Crippen LogP contribution in [0.15, 0.2) is 100 Å². The first-order chi connectivity index (χ1) is 16.3. The third-order valence-electron chi connectivity index (χ3n) is 5.77. The molecule has 5 rings (SSSR count). The molecule has 7 nitrogen and oxygen atoms in total. The minimum atomic E-state index is -3.87. The van der Waals surface area contributed by atoms with Crippen LogP contribution in [-0.2, 0) is 17.1 Å². The molecule has 0 aliphatic heterocycles. The molecule has 170 valence electrons. The SMILES string of the molecule is Cc1ccc(S(=O)(=O)Nc2c(N=Nc3c(O)ccc4ccccc34)c3ccccc3n2C)cc1. The summed E-state index contributed by atoms with van der Waals surface area (Å²) in [6.45, 7) is 1.90. The van der Waals surface area contributed by atoms with Crippen LogP contribution in [0.3, 0.4) is 0 Å². The fourth-order valence-electron chi connectivity index (χ4n) is 3.94. The minimum absolute atomic E-state index is 0.00975. The fraction of sp³-hybridized carbons (Fsp3) is 0.0769. The lowest BCUT2D eigenvalue weighted by Crippen LogP contribution is -2.15. The summed E-state index contributed by atoms with van der Waals surface area (Å²) < 4.78 is 30.7. The molecular weight excluding hydrogens is 448 g/mol. The second-order valence-electron chi connectivity index (χ2n) is 8.05. The molecule has 8 heteroatoms. The van der Waals surface area contributed by atoms with E-state index in [-0.39, 0.29) is 16.5 Å². The van der Waals surface area contributed by atoms with Crippen molar-refractivity contribution < 1.29 is 13.5 Å². The Kier molecular flexibility index (Phi) is 5.30. The van der Waals surface area contributed by atoms with Crippen LogP contribution in [0, 0.1) is 6.92 Å². The van der Waals surface area contributed by atoms with Crippen LogP contribution in [0.2, 0.25) is 0 Å². The summed E-state index contributed by atoms with van der Waals surface area (Å²) in [4.78, 5) is 0.151. The molecule has 0 unspecified atom stereocenters. The third kappa shape index (κ3) is 3.78. The van der Waals surface area contributed by atoms with Crippen LogP contribution < -0.4 is 4.72 Å². The number of phenols is 1. The van der Waals surface area contributed by atoms with E-state index >= 15 is 0 Å². The maximum absolute atomic E-state index is 13.2. The van der Waals surface area contributed by atoms with Crippen molar-refractivity contribution in [1.82, 2.24) is 4.57 Å². The lowest BCUT2D eigenvalue weighted by atomic mass is 10.1. The standard InChI is InChI=1S/C26H22N4O3S/c1-17-11-14-19(15-12-17)34(32,33)29-26-25(21-9-5-6-10-22(21)30(26)2)28-27-24-20-8-4-3-7-18(20)13-16-23(24)31/h3-16,29,31H,1-2H3. The van der Waals surface area contributed by atoms with Crippen LogP contribution in [0.1, 0.15) is 5.56 Å². The van der Waals surface area contributed by atoms with Gasteiger partial charge in [-0.2, -0.15) is 0 Å². The molecule has 0 fully saturated rings. The van der Waals surface area contributed by atoms with E-state index < -0.39 is 10.0 Å². The number of rotatable bonds is 5. The number of aromatic hydroxyl groups is 1. The normalized spacial score (nSPS) is 12.1. The van der Waals surface area contributed by atoms with Gasteiger partial charge in [-0.1, -0.05) is 66.2 Å². The van der Waals surface area contributed by atoms with E-state index in [9.17, 15) is 13.5 Å². The second kappa shape index (κ2) is 8.31. The number of benzene rings is 4. The number of aromatic nitrogens is 1. The number of anilines is 1. The number of sulfonamides is 1. The van der Waals surface area contributed by atoms with Crippen molar-refractivity contribution in [2.24, 2.45) is 17.3 Å². The Hall–Kier alpha value is -4.17. The Balaban J connectivity index is 1.66. The zero-order chi connectivity index (χ0) is 23.9. The first-order valence-electron chi connectivity index (χ1n) is 10.6. The summed E-state index contributed by atoms with van der Waals surface area (Å²) in [6, 6.07) is 25.0. The molecular formula is C26H22N4O3S. The second-order valence-corrected chi connectivity index (χ2v) is 9.73. The molecule has 0 amide bonds. The number of hydrogen-bond acceptors (Lipinski definition) is 5. The van der Waals surface area contributed by atoms with Gasteiger partial charge < -0.3 is 9.67 Å². The van der Waals surface area contributed by atoms with Crippen LogP contribution in [0.4, 0.5) is 17.2 Å². The van der Waals surface area contributed by atoms with Crippen LogP contribution in [0.5, 0.6) is 5.75 Å². The Bertz CT molecular complexity index is 1670. The molecule has 0 bridgehead atoms. The van der Waals surface area contributed by atoms with Crippen molar-refractivity contribution in [2.75, 3.05) is 4.72 Å². The average molecular weight is 471 g/mol. The smallest absolute Gasteiger partial charge is 0.263 e. The molecule has 34 heavy (non-hydrogen) atoms. The molecule has 1 heterocycles. The minimum Gasteiger partial charge on any atom is -0.506 e. The highest BCUT2D eigenvalue weighted by Crippen LogP contribution is 2.41. The van der Waals surface area contributed by atoms with Crippen molar-refractivity contribution >= 4 is 48.9 Å². The molecule has 4 aromatic carbocycles. The summed E-state index contributed by atoms with van der Waals surface area (Å²) in [7, 11) is -2.10. The first kappa shape index (κ1) is 21.7. The number of hydrogen-bond donors (Lipinski definition) is 2. The Morgan fingerprint density at radius 2 is 1.44 bits per heavy atom. The van der Waals surface area contributed by atoms with Crippen molar-refractivity contribution in [1.29, 1.82) is 0 Å². The van der Waals surface area contributed by atoms with Gasteiger partial charge in [0, 0.05) is 17.8 Å². The highest BCUT2D eigenvalue weighted by atomic mass is 32.2. The Morgan fingerprint density at radius 3 is 2.21 bits per heavy atom. The van der Waals surface area contributed by atoms with E-state index in [0.717, 1.165) is 27.2 Å². The quantitative estimate of drug-likeness (QED) is 0.285. The highest BCUT2D eigenvalue weighted by Gasteiger charge is 2.22. The molecule has 2 N–H and O–H groups in total. The zero-order valence-corrected chi connectivity index (χ0v) is 19.4. The molecule has 0 aliphatic rings. The summed E-state index contributed by atoms with van der Waals surface area (Å²) in [5.41, 5.74) is 2.44. The van der Waals surface area contributed by atoms with Gasteiger partial charge in [-0.25, -0.2) is 8.42 Å². The monoisotopic (exact) mass is 470 g/mol. The van der Waals surface area contributed by atoms with Gasteiger partial charge in [-0.05, 0) is 36.6 Å². The summed E-state index contributed by atoms with van der Waals surface area (Å²) in [5.74, 6) is 0.273. The highest BCUT2D eigenvalue weighted by molar-refractivity contribution is 7.92. The van der Waals surface area contributed by atoms with E-state index in [1.165, 1.54) is 0 Å². The molecule has 0 saturated carbocycles. The van der Waals surface area contributed by atoms with Gasteiger partial charge in [0.1, 0.15) is 22.9 Å². The topological polar surface area (TPSA) is 96.1 Å². The molecule has 0 atom stereocenters. The van der Waals surface area contributed by atoms with Crippen molar-refractivity contribution in [3.8, 4) is 5.75 Å². The van der Waals surface area contributed by atoms with Crippen LogP contribution in [0.25, 0.3) is 21.7 Å². The lowest BCUT2D eigenvalue weighted by molar-refractivity contribution is 0.477. The summed E-state index contributed by atoms with van der Waals surface area (Å²) in [6.07, 6.45) is 0. The largest absolute Gasteiger partial charge is 0.506 e. The Morgan fingerprint density at radius 1 is 0.794 bits per heavy atom. The van der Waals surface area contributed by atoms with Gasteiger partial charge in [0.15, 0.2) is 0 Å². The third-order valence-corrected chi connectivity index (χ3v) is 7.13. The summed E-state index contributed by atoms with van der Waals surface area (Å²) in [5, 5.41) is 21.7. The van der Waals surface area contributed by atoms with E-state index in [0.29, 0.717) is 11.4 Å². The van der Waals surface area contributed by atoms with Crippen LogP contribution in [-0.4, -0.2) is 18.1 Å². The molecule has 1 aromatic heterocycles. The number of aryl methyl sites for hydroxylation is 2. The number of azo groups is 1. The maximum atomic E-state index is 13.2. The fourth-order valence-corrected chi connectivity index (χ4v) is 5.04. The van der Waals surface area contributed by atoms with Gasteiger partial charge in [-0.15, -0.1) is 10.2 Å². The van der Waals surface area contributed by atoms with Gasteiger partial charge in [-0.3, -0.25) is 4.72 Å². The van der Waals surface area contributed by atoms with Crippen molar-refractivity contribution in [3.05, 3.63) is 90.5 Å². The van der Waals surface area contributed by atoms with E-state index in [4.69, 9.17) is 0 Å². The molecule has 0 spiro atoms. The van der Waals surface area contributed by atoms with Crippen LogP contribution >= 0.6 is 0 Å². The number of nitrogens with one attached hydrogen (secondary N) is 1. The van der Waals surface area contributed by atoms with Gasteiger partial charge in [0.05, 0.1) is 10.4 Å². The number of fused-ring (bicyclic) bond motifs is 2. The summed E-state index contributed by atoms with van der Waals surface area (Å²) >= 11 is 0. The van der Waals surface area contributed by atoms with E-state index in [1.807, 2.05) is 61.5 Å². The molecule has 5 aromatic rings. The molecule has 0 aliphatic carbocycles. The first-order valence-corrected chi connectivity index (χ1v) is 12.1.